The Balaban J connectivity index is 1.05. The van der Waals surface area contributed by atoms with Crippen molar-refractivity contribution in [1.82, 2.24) is 15.6 Å². The summed E-state index contributed by atoms with van der Waals surface area (Å²) in [6, 6.07) is 8.71. The summed E-state index contributed by atoms with van der Waals surface area (Å²) in [6.07, 6.45) is -3.89. The maximum atomic E-state index is 12.7. The molecular formula is C22H21ClF3N3O4. The molecule has 1 heterocycles. The van der Waals surface area contributed by atoms with Gasteiger partial charge < -0.3 is 15.4 Å². The number of nitrogens with one attached hydrogen (secondary N) is 2. The van der Waals surface area contributed by atoms with E-state index in [1.165, 1.54) is 0 Å². The molecule has 2 amide bonds. The summed E-state index contributed by atoms with van der Waals surface area (Å²) < 4.78 is 45.6. The number of nitrogens with zero attached hydrogens (tertiary/aromatic N) is 1. The average molecular weight is 484 g/mol. The predicted octanol–water partition coefficient (Wildman–Crippen LogP) is 3.49. The first-order valence-electron chi connectivity index (χ1n) is 10.6. The Kier molecular flexibility index (Phi) is 5.30. The highest BCUT2D eigenvalue weighted by molar-refractivity contribution is 6.31. The van der Waals surface area contributed by atoms with Crippen molar-refractivity contribution in [3.05, 3.63) is 41.0 Å². The molecule has 33 heavy (non-hydrogen) atoms. The fourth-order valence-electron chi connectivity index (χ4n) is 5.04. The maximum absolute atomic E-state index is 12.7. The molecule has 4 saturated carbocycles. The average Bonchev–Trinajstić information content (AvgIpc) is 2.65. The molecule has 1 aromatic heterocycles. The van der Waals surface area contributed by atoms with Gasteiger partial charge in [0.1, 0.15) is 12.3 Å². The quantitative estimate of drug-likeness (QED) is 0.629. The van der Waals surface area contributed by atoms with E-state index in [2.05, 4.69) is 20.4 Å². The van der Waals surface area contributed by atoms with Crippen LogP contribution >= 0.6 is 11.6 Å². The van der Waals surface area contributed by atoms with Crippen molar-refractivity contribution in [3.63, 3.8) is 0 Å². The number of alkyl halides is 3. The first kappa shape index (κ1) is 22.4. The molecule has 0 aliphatic heterocycles. The zero-order valence-electron chi connectivity index (χ0n) is 17.4. The highest BCUT2D eigenvalue weighted by atomic mass is 35.5. The molecule has 6 rings (SSSR count). The van der Waals surface area contributed by atoms with E-state index in [9.17, 15) is 22.8 Å². The van der Waals surface area contributed by atoms with Gasteiger partial charge in [-0.25, -0.2) is 4.98 Å². The van der Waals surface area contributed by atoms with Gasteiger partial charge in [-0.1, -0.05) is 17.7 Å². The van der Waals surface area contributed by atoms with E-state index in [-0.39, 0.29) is 42.3 Å². The largest absolute Gasteiger partial charge is 0.522 e. The van der Waals surface area contributed by atoms with Gasteiger partial charge in [-0.2, -0.15) is 0 Å². The zero-order chi connectivity index (χ0) is 23.4. The maximum Gasteiger partial charge on any atom is 0.522 e. The van der Waals surface area contributed by atoms with Crippen molar-refractivity contribution in [2.24, 2.45) is 0 Å². The number of halogens is 4. The number of ether oxygens (including phenoxy) is 2. The minimum atomic E-state index is -4.65. The second-order valence-corrected chi connectivity index (χ2v) is 9.65. The topological polar surface area (TPSA) is 89.5 Å². The number of hydrogen-bond donors (Lipinski definition) is 2. The van der Waals surface area contributed by atoms with Crippen LogP contribution in [0, 0.1) is 0 Å². The van der Waals surface area contributed by atoms with E-state index in [4.69, 9.17) is 16.3 Å². The van der Waals surface area contributed by atoms with Crippen molar-refractivity contribution in [2.75, 3.05) is 6.61 Å². The van der Waals surface area contributed by atoms with E-state index in [1.807, 2.05) is 0 Å². The number of fused-ring (bicyclic) bond motifs is 1. The predicted molar refractivity (Wildman–Crippen MR) is 112 cm³/mol. The number of benzene rings is 1. The fraction of sp³-hybridized carbons (Fsp3) is 0.500. The van der Waals surface area contributed by atoms with Crippen molar-refractivity contribution < 1.29 is 32.2 Å². The first-order chi connectivity index (χ1) is 15.5. The third kappa shape index (κ3) is 4.64. The number of rotatable bonds is 7. The Hall–Kier alpha value is -2.43. The van der Waals surface area contributed by atoms with E-state index >= 15 is 0 Å². The molecule has 0 spiro atoms. The van der Waals surface area contributed by atoms with Crippen LogP contribution in [-0.2, 0) is 14.3 Å². The standard InChI is InChI=1S/C22H21ClF3N3O4/c23-13-2-4-16-12(5-13)1-3-17(27-16)19(31)29-21-9-20(10-21,11-21)28-18(30)8-32-14-6-15(7-14)33-22(24,25)26/h1-5,14-15H,6-11H2,(H,28,30)(H,29,31). The van der Waals surface area contributed by atoms with Crippen molar-refractivity contribution in [2.45, 2.75) is 61.8 Å². The van der Waals surface area contributed by atoms with Crippen molar-refractivity contribution in [3.8, 4) is 0 Å². The molecule has 2 aromatic rings. The van der Waals surface area contributed by atoms with Gasteiger partial charge in [0.15, 0.2) is 0 Å². The van der Waals surface area contributed by atoms with Gasteiger partial charge in [0, 0.05) is 34.3 Å². The van der Waals surface area contributed by atoms with E-state index in [0.29, 0.717) is 35.5 Å². The molecular weight excluding hydrogens is 463 g/mol. The van der Waals surface area contributed by atoms with Gasteiger partial charge in [0.2, 0.25) is 5.91 Å². The van der Waals surface area contributed by atoms with Crippen LogP contribution in [0.5, 0.6) is 0 Å². The summed E-state index contributed by atoms with van der Waals surface area (Å²) >= 11 is 5.97. The lowest BCUT2D eigenvalue weighted by Gasteiger charge is -2.70. The molecule has 176 valence electrons. The lowest BCUT2D eigenvalue weighted by molar-refractivity contribution is -0.357. The van der Waals surface area contributed by atoms with Gasteiger partial charge in [0.25, 0.3) is 5.91 Å². The number of pyridine rings is 1. The fourth-order valence-corrected chi connectivity index (χ4v) is 5.23. The zero-order valence-corrected chi connectivity index (χ0v) is 18.1. The molecule has 4 aliphatic carbocycles. The van der Waals surface area contributed by atoms with Crippen LogP contribution in [0.25, 0.3) is 10.9 Å². The summed E-state index contributed by atoms with van der Waals surface area (Å²) in [4.78, 5) is 29.2. The Morgan fingerprint density at radius 3 is 2.45 bits per heavy atom. The summed E-state index contributed by atoms with van der Waals surface area (Å²) in [6.45, 7) is -0.213. The molecule has 7 nitrogen and oxygen atoms in total. The van der Waals surface area contributed by atoms with Crippen molar-refractivity contribution >= 4 is 34.3 Å². The second kappa shape index (κ2) is 7.82. The van der Waals surface area contributed by atoms with E-state index < -0.39 is 18.6 Å². The van der Waals surface area contributed by atoms with E-state index in [0.717, 1.165) is 5.39 Å². The number of carbonyl (C=O) groups excluding carboxylic acids is 2. The normalized spacial score (nSPS) is 30.1. The molecule has 2 bridgehead atoms. The third-order valence-electron chi connectivity index (χ3n) is 6.50. The minimum absolute atomic E-state index is 0.114. The first-order valence-corrected chi connectivity index (χ1v) is 11.0. The lowest BCUT2D eigenvalue weighted by atomic mass is 9.44. The Labute approximate surface area is 192 Å². The molecule has 4 fully saturated rings. The number of amides is 2. The molecule has 0 saturated heterocycles. The van der Waals surface area contributed by atoms with Gasteiger partial charge in [-0.05, 0) is 43.5 Å². The third-order valence-corrected chi connectivity index (χ3v) is 6.73. The van der Waals surface area contributed by atoms with Gasteiger partial charge in [0.05, 0.1) is 17.7 Å². The molecule has 2 N–H and O–H groups in total. The molecule has 11 heteroatoms. The summed E-state index contributed by atoms with van der Waals surface area (Å²) in [5.41, 5.74) is 0.284. The Morgan fingerprint density at radius 1 is 1.06 bits per heavy atom. The van der Waals surface area contributed by atoms with Crippen molar-refractivity contribution in [1.29, 1.82) is 0 Å². The molecule has 4 aliphatic rings. The van der Waals surface area contributed by atoms with Crippen LogP contribution < -0.4 is 10.6 Å². The smallest absolute Gasteiger partial charge is 0.368 e. The number of hydrogen-bond acceptors (Lipinski definition) is 5. The van der Waals surface area contributed by atoms with Gasteiger partial charge >= 0.3 is 6.36 Å². The van der Waals surface area contributed by atoms with Crippen LogP contribution in [0.4, 0.5) is 13.2 Å². The minimum Gasteiger partial charge on any atom is -0.368 e. The van der Waals surface area contributed by atoms with E-state index in [1.54, 1.807) is 30.3 Å². The Bertz CT molecular complexity index is 1100. The molecule has 0 unspecified atom stereocenters. The number of aromatic nitrogens is 1. The highest BCUT2D eigenvalue weighted by Crippen LogP contribution is 2.60. The lowest BCUT2D eigenvalue weighted by Crippen LogP contribution is -2.84. The molecule has 1 aromatic carbocycles. The monoisotopic (exact) mass is 483 g/mol. The highest BCUT2D eigenvalue weighted by Gasteiger charge is 2.69. The molecule has 0 radical (unpaired) electrons. The van der Waals surface area contributed by atoms with Crippen LogP contribution in [0.1, 0.15) is 42.6 Å². The van der Waals surface area contributed by atoms with Crippen LogP contribution in [0.2, 0.25) is 5.02 Å². The Morgan fingerprint density at radius 2 is 1.76 bits per heavy atom. The van der Waals surface area contributed by atoms with Gasteiger partial charge in [-0.15, -0.1) is 13.2 Å². The molecule has 0 atom stereocenters. The SMILES string of the molecule is O=C(COC1CC(OC(F)(F)F)C1)NC12CC(NC(=O)c3ccc4cc(Cl)ccc4n3)(C1)C2. The summed E-state index contributed by atoms with van der Waals surface area (Å²) in [5.74, 6) is -0.583. The van der Waals surface area contributed by atoms with Gasteiger partial charge in [-0.3, -0.25) is 14.3 Å². The summed E-state index contributed by atoms with van der Waals surface area (Å²) in [5, 5.41) is 7.39. The second-order valence-electron chi connectivity index (χ2n) is 9.22. The van der Waals surface area contributed by atoms with Crippen LogP contribution in [0.3, 0.4) is 0 Å². The van der Waals surface area contributed by atoms with Crippen LogP contribution in [-0.4, -0.2) is 53.1 Å². The number of carbonyl (C=O) groups is 2. The summed E-state index contributed by atoms with van der Waals surface area (Å²) in [7, 11) is 0. The van der Waals surface area contributed by atoms with Crippen LogP contribution in [0.15, 0.2) is 30.3 Å².